The SMILES string of the molecule is CCOC(=O)[C@@H]1[C@@H]2CC(C)C3(S2)C(C(=O)NCCN2CCOCC2)N(CCCCCCO)C(=O)[C@H]13. The minimum absolute atomic E-state index is 0.0216. The first-order valence-electron chi connectivity index (χ1n) is 13.3. The van der Waals surface area contributed by atoms with E-state index >= 15 is 0 Å². The average molecular weight is 512 g/mol. The fraction of sp³-hybridized carbons (Fsp3) is 0.880. The molecule has 0 saturated carbocycles. The standard InChI is InChI=1S/C25H41N3O6S/c1-3-34-24(32)19-18-16-17(2)25(35-18)20(19)23(31)28(9-6-4-5-7-13-29)21(25)22(30)26-8-10-27-11-14-33-15-12-27/h17-21,29H,3-16H2,1-2H3,(H,26,30)/t17?,18-,19+,20-,21?,25?/m0/s1. The van der Waals surface area contributed by atoms with Crippen LogP contribution in [0.3, 0.4) is 0 Å². The van der Waals surface area contributed by atoms with Crippen molar-refractivity contribution in [3.8, 4) is 0 Å². The maximum Gasteiger partial charge on any atom is 0.310 e. The largest absolute Gasteiger partial charge is 0.466 e. The minimum atomic E-state index is -0.590. The zero-order valence-electron chi connectivity index (χ0n) is 21.1. The Morgan fingerprint density at radius 1 is 1.20 bits per heavy atom. The summed E-state index contributed by atoms with van der Waals surface area (Å²) in [6.07, 6.45) is 4.12. The van der Waals surface area contributed by atoms with Crippen molar-refractivity contribution in [2.75, 3.05) is 59.2 Å². The van der Waals surface area contributed by atoms with E-state index in [9.17, 15) is 14.4 Å². The number of hydrogen-bond acceptors (Lipinski definition) is 8. The van der Waals surface area contributed by atoms with E-state index in [1.165, 1.54) is 0 Å². The minimum Gasteiger partial charge on any atom is -0.466 e. The molecule has 0 aliphatic carbocycles. The molecule has 198 valence electrons. The van der Waals surface area contributed by atoms with Crippen LogP contribution in [0.5, 0.6) is 0 Å². The highest BCUT2D eigenvalue weighted by Gasteiger charge is 2.76. The highest BCUT2D eigenvalue weighted by atomic mass is 32.2. The van der Waals surface area contributed by atoms with Crippen molar-refractivity contribution < 1.29 is 29.0 Å². The van der Waals surface area contributed by atoms with Crippen molar-refractivity contribution in [1.82, 2.24) is 15.1 Å². The van der Waals surface area contributed by atoms with E-state index in [1.807, 2.05) is 0 Å². The Morgan fingerprint density at radius 2 is 1.94 bits per heavy atom. The summed E-state index contributed by atoms with van der Waals surface area (Å²) in [5, 5.41) is 12.2. The second-order valence-corrected chi connectivity index (χ2v) is 11.8. The third-order valence-electron chi connectivity index (χ3n) is 8.19. The summed E-state index contributed by atoms with van der Waals surface area (Å²) in [6.45, 7) is 9.30. The maximum absolute atomic E-state index is 13.9. The van der Waals surface area contributed by atoms with Crippen LogP contribution in [0.25, 0.3) is 0 Å². The summed E-state index contributed by atoms with van der Waals surface area (Å²) in [5.74, 6) is -1.30. The monoisotopic (exact) mass is 511 g/mol. The molecular weight excluding hydrogens is 470 g/mol. The summed E-state index contributed by atoms with van der Waals surface area (Å²) < 4.78 is 10.2. The molecule has 2 amide bonds. The molecule has 4 rings (SSSR count). The number of thioether (sulfide) groups is 1. The van der Waals surface area contributed by atoms with Crippen LogP contribution in [0.15, 0.2) is 0 Å². The molecule has 0 aromatic heterocycles. The Labute approximate surface area is 212 Å². The summed E-state index contributed by atoms with van der Waals surface area (Å²) in [6, 6.07) is -0.577. The van der Waals surface area contributed by atoms with Crippen molar-refractivity contribution in [1.29, 1.82) is 0 Å². The number of ether oxygens (including phenoxy) is 2. The molecule has 4 heterocycles. The van der Waals surface area contributed by atoms with Gasteiger partial charge in [0, 0.05) is 44.6 Å². The number of likely N-dealkylation sites (tertiary alicyclic amines) is 1. The second-order valence-electron chi connectivity index (χ2n) is 10.2. The molecule has 35 heavy (non-hydrogen) atoms. The summed E-state index contributed by atoms with van der Waals surface area (Å²) in [5.41, 5.74) is 0. The molecular formula is C25H41N3O6S. The topological polar surface area (TPSA) is 108 Å². The van der Waals surface area contributed by atoms with Crippen LogP contribution in [0, 0.1) is 17.8 Å². The van der Waals surface area contributed by atoms with E-state index in [-0.39, 0.29) is 42.2 Å². The number of amides is 2. The lowest BCUT2D eigenvalue weighted by Gasteiger charge is -2.38. The van der Waals surface area contributed by atoms with Crippen LogP contribution in [0.2, 0.25) is 0 Å². The van der Waals surface area contributed by atoms with E-state index < -0.39 is 22.6 Å². The summed E-state index contributed by atoms with van der Waals surface area (Å²) in [7, 11) is 0. The number of hydrogen-bond donors (Lipinski definition) is 2. The number of aliphatic hydroxyl groups is 1. The number of morpholine rings is 1. The van der Waals surface area contributed by atoms with Crippen molar-refractivity contribution in [3.05, 3.63) is 0 Å². The van der Waals surface area contributed by atoms with Gasteiger partial charge in [-0.15, -0.1) is 11.8 Å². The number of aliphatic hydroxyl groups excluding tert-OH is 1. The van der Waals surface area contributed by atoms with Gasteiger partial charge >= 0.3 is 5.97 Å². The first-order chi connectivity index (χ1) is 17.0. The maximum atomic E-state index is 13.9. The fourth-order valence-electron chi connectivity index (χ4n) is 6.57. The zero-order chi connectivity index (χ0) is 25.0. The number of rotatable bonds is 12. The van der Waals surface area contributed by atoms with Gasteiger partial charge in [0.05, 0.1) is 36.4 Å². The van der Waals surface area contributed by atoms with Gasteiger partial charge in [-0.05, 0) is 32.1 Å². The van der Waals surface area contributed by atoms with Crippen LogP contribution < -0.4 is 5.32 Å². The Morgan fingerprint density at radius 3 is 2.66 bits per heavy atom. The van der Waals surface area contributed by atoms with E-state index in [2.05, 4.69) is 17.1 Å². The van der Waals surface area contributed by atoms with E-state index in [0.717, 1.165) is 51.7 Å². The molecule has 2 N–H and O–H groups in total. The van der Waals surface area contributed by atoms with Gasteiger partial charge in [-0.1, -0.05) is 19.8 Å². The van der Waals surface area contributed by atoms with Gasteiger partial charge in [-0.3, -0.25) is 19.3 Å². The summed E-state index contributed by atoms with van der Waals surface area (Å²) >= 11 is 1.69. The molecule has 4 aliphatic heterocycles. The number of esters is 1. The average Bonchev–Trinajstić information content (AvgIpc) is 3.43. The molecule has 9 nitrogen and oxygen atoms in total. The van der Waals surface area contributed by atoms with Gasteiger partial charge < -0.3 is 24.8 Å². The molecule has 4 fully saturated rings. The lowest BCUT2D eigenvalue weighted by molar-refractivity contribution is -0.154. The second kappa shape index (κ2) is 11.8. The molecule has 3 unspecified atom stereocenters. The van der Waals surface area contributed by atoms with Crippen molar-refractivity contribution in [2.45, 2.75) is 62.0 Å². The quantitative estimate of drug-likeness (QED) is 0.294. The molecule has 2 bridgehead atoms. The molecule has 6 atom stereocenters. The number of carbonyl (C=O) groups excluding carboxylic acids is 3. The van der Waals surface area contributed by atoms with Gasteiger partial charge in [0.25, 0.3) is 0 Å². The summed E-state index contributed by atoms with van der Waals surface area (Å²) in [4.78, 5) is 44.6. The number of nitrogens with zero attached hydrogens (tertiary/aromatic N) is 2. The van der Waals surface area contributed by atoms with E-state index in [1.54, 1.807) is 23.6 Å². The normalized spacial score (nSPS) is 34.3. The zero-order valence-corrected chi connectivity index (χ0v) is 21.9. The van der Waals surface area contributed by atoms with Crippen LogP contribution in [-0.2, 0) is 23.9 Å². The van der Waals surface area contributed by atoms with Crippen molar-refractivity contribution in [2.24, 2.45) is 17.8 Å². The molecule has 4 aliphatic rings. The predicted molar refractivity (Wildman–Crippen MR) is 133 cm³/mol. The fourth-order valence-corrected chi connectivity index (χ4v) is 8.98. The van der Waals surface area contributed by atoms with E-state index in [0.29, 0.717) is 26.3 Å². The predicted octanol–water partition coefficient (Wildman–Crippen LogP) is 0.888. The number of fused-ring (bicyclic) bond motifs is 1. The number of unbranched alkanes of at least 4 members (excludes halogenated alkanes) is 3. The Kier molecular flexibility index (Phi) is 8.99. The molecule has 1 spiro atoms. The van der Waals surface area contributed by atoms with Crippen LogP contribution >= 0.6 is 11.8 Å². The van der Waals surface area contributed by atoms with Crippen LogP contribution in [-0.4, -0.2) is 108 Å². The lowest BCUT2D eigenvalue weighted by atomic mass is 9.66. The Balaban J connectivity index is 1.52. The molecule has 0 aromatic rings. The lowest BCUT2D eigenvalue weighted by Crippen LogP contribution is -2.57. The highest BCUT2D eigenvalue weighted by molar-refractivity contribution is 8.02. The Hall–Kier alpha value is -1.36. The van der Waals surface area contributed by atoms with Crippen LogP contribution in [0.4, 0.5) is 0 Å². The third-order valence-corrected chi connectivity index (χ3v) is 10.3. The van der Waals surface area contributed by atoms with Gasteiger partial charge in [-0.25, -0.2) is 0 Å². The van der Waals surface area contributed by atoms with Gasteiger partial charge in [0.1, 0.15) is 6.04 Å². The number of nitrogens with one attached hydrogen (secondary N) is 1. The molecule has 0 radical (unpaired) electrons. The first kappa shape index (κ1) is 26.7. The molecule has 0 aromatic carbocycles. The van der Waals surface area contributed by atoms with Crippen LogP contribution in [0.1, 0.15) is 46.0 Å². The van der Waals surface area contributed by atoms with Crippen molar-refractivity contribution in [3.63, 3.8) is 0 Å². The smallest absolute Gasteiger partial charge is 0.310 e. The number of carbonyl (C=O) groups is 3. The Bertz CT molecular complexity index is 778. The van der Waals surface area contributed by atoms with Gasteiger partial charge in [0.2, 0.25) is 11.8 Å². The van der Waals surface area contributed by atoms with Gasteiger partial charge in [-0.2, -0.15) is 0 Å². The van der Waals surface area contributed by atoms with Crippen molar-refractivity contribution >= 4 is 29.5 Å². The van der Waals surface area contributed by atoms with Gasteiger partial charge in [0.15, 0.2) is 0 Å². The molecule has 4 saturated heterocycles. The highest BCUT2D eigenvalue weighted by Crippen LogP contribution is 2.68. The molecule has 10 heteroatoms. The third kappa shape index (κ3) is 5.08. The first-order valence-corrected chi connectivity index (χ1v) is 14.2. The van der Waals surface area contributed by atoms with E-state index in [4.69, 9.17) is 14.6 Å².